The molecule has 0 saturated heterocycles. The minimum atomic E-state index is -0.141. The topological polar surface area (TPSA) is 56.7 Å². The molecule has 0 atom stereocenters. The van der Waals surface area contributed by atoms with Crippen molar-refractivity contribution in [3.8, 4) is 56.4 Å². The molecule has 0 aliphatic heterocycles. The largest absolute Gasteiger partial charge is 0.456 e. The molecule has 0 fully saturated rings. The van der Waals surface area contributed by atoms with E-state index < -0.39 is 0 Å². The van der Waals surface area contributed by atoms with Crippen LogP contribution in [0.15, 0.2) is 168 Å². The highest BCUT2D eigenvalue weighted by atomic mass is 16.3. The Bertz CT molecular complexity index is 3350. The quantitative estimate of drug-likeness (QED) is 0.175. The van der Waals surface area contributed by atoms with Gasteiger partial charge in [0, 0.05) is 55.6 Å². The summed E-state index contributed by atoms with van der Waals surface area (Å²) in [6, 6.07) is 58.1. The van der Waals surface area contributed by atoms with Crippen LogP contribution in [0.5, 0.6) is 0 Å². The molecule has 0 bridgehead atoms. The van der Waals surface area contributed by atoms with Gasteiger partial charge in [0.25, 0.3) is 0 Å². The third-order valence-electron chi connectivity index (χ3n) is 12.6. The molecule has 10 aromatic rings. The lowest BCUT2D eigenvalue weighted by Gasteiger charge is -2.21. The first-order valence-corrected chi connectivity index (χ1v) is 20.4. The molecule has 0 amide bonds. The summed E-state index contributed by atoms with van der Waals surface area (Å²) in [5, 5.41) is 3.56. The van der Waals surface area contributed by atoms with Gasteiger partial charge in [-0.3, -0.25) is 0 Å². The van der Waals surface area contributed by atoms with Crippen LogP contribution in [0.3, 0.4) is 0 Å². The standard InChI is InChI=1S/C54H38N4O/c1-54(2)44-21-11-9-18-38(44)39-27-24-36(31-45(39)54)52-55-51(34-16-7-4-8-17-34)56-53(57-52)42-20-13-23-48-50(42)41-28-26-37(32-49(41)59-48)58-46-22-12-10-19-40(46)43-30-35(25-29-47(43)58)33-14-5-3-6-15-33/h3-25,27,29-32H,26,28H2,1-2H3. The minimum Gasteiger partial charge on any atom is -0.456 e. The fourth-order valence-electron chi connectivity index (χ4n) is 9.71. The van der Waals surface area contributed by atoms with E-state index in [0.29, 0.717) is 17.5 Å². The second-order valence-corrected chi connectivity index (χ2v) is 16.3. The summed E-state index contributed by atoms with van der Waals surface area (Å²) in [7, 11) is 0. The second-order valence-electron chi connectivity index (χ2n) is 16.3. The van der Waals surface area contributed by atoms with E-state index in [1.807, 2.05) is 18.2 Å². The third-order valence-corrected chi connectivity index (χ3v) is 12.6. The number of furan rings is 1. The van der Waals surface area contributed by atoms with E-state index >= 15 is 0 Å². The van der Waals surface area contributed by atoms with Crippen molar-refractivity contribution in [2.75, 3.05) is 0 Å². The van der Waals surface area contributed by atoms with Crippen LogP contribution in [0.2, 0.25) is 0 Å². The summed E-state index contributed by atoms with van der Waals surface area (Å²) >= 11 is 0. The summed E-state index contributed by atoms with van der Waals surface area (Å²) < 4.78 is 9.18. The van der Waals surface area contributed by atoms with Gasteiger partial charge in [-0.1, -0.05) is 147 Å². The predicted octanol–water partition coefficient (Wildman–Crippen LogP) is 13.6. The van der Waals surface area contributed by atoms with Gasteiger partial charge in [-0.05, 0) is 76.6 Å². The molecule has 7 aromatic carbocycles. The van der Waals surface area contributed by atoms with Gasteiger partial charge in [0.1, 0.15) is 11.3 Å². The molecule has 3 heterocycles. The molecule has 5 nitrogen and oxygen atoms in total. The molecule has 0 radical (unpaired) electrons. The van der Waals surface area contributed by atoms with Crippen molar-refractivity contribution in [1.29, 1.82) is 0 Å². The fraction of sp³-hybridized carbons (Fsp3) is 0.0926. The monoisotopic (exact) mass is 758 g/mol. The number of para-hydroxylation sites is 1. The van der Waals surface area contributed by atoms with Crippen LogP contribution in [-0.2, 0) is 11.8 Å². The number of aromatic nitrogens is 4. The summed E-state index contributed by atoms with van der Waals surface area (Å²) in [5.41, 5.74) is 16.0. The molecule has 12 rings (SSSR count). The highest BCUT2D eigenvalue weighted by molar-refractivity contribution is 6.12. The van der Waals surface area contributed by atoms with Crippen LogP contribution in [0.4, 0.5) is 0 Å². The maximum Gasteiger partial charge on any atom is 0.164 e. The Balaban J connectivity index is 0.999. The average Bonchev–Trinajstić information content (AvgIpc) is 3.91. The zero-order valence-electron chi connectivity index (χ0n) is 32.8. The van der Waals surface area contributed by atoms with E-state index in [4.69, 9.17) is 19.4 Å². The first-order chi connectivity index (χ1) is 29.0. The molecule has 0 spiro atoms. The van der Waals surface area contributed by atoms with E-state index in [2.05, 4.69) is 170 Å². The Kier molecular flexibility index (Phi) is 7.33. The Morgan fingerprint density at radius 2 is 1.15 bits per heavy atom. The molecule has 2 aliphatic carbocycles. The summed E-state index contributed by atoms with van der Waals surface area (Å²) in [6.07, 6.45) is 3.93. The molecule has 0 saturated carbocycles. The van der Waals surface area contributed by atoms with E-state index in [0.717, 1.165) is 46.3 Å². The molecule has 2 aliphatic rings. The molecular formula is C54H38N4O. The van der Waals surface area contributed by atoms with Crippen molar-refractivity contribution < 1.29 is 4.42 Å². The van der Waals surface area contributed by atoms with E-state index in [1.165, 1.54) is 66.4 Å². The highest BCUT2D eigenvalue weighted by Gasteiger charge is 2.35. The Morgan fingerprint density at radius 1 is 0.492 bits per heavy atom. The van der Waals surface area contributed by atoms with Crippen molar-refractivity contribution in [2.45, 2.75) is 32.1 Å². The lowest BCUT2D eigenvalue weighted by Crippen LogP contribution is -2.15. The number of benzene rings is 7. The van der Waals surface area contributed by atoms with E-state index in [9.17, 15) is 0 Å². The van der Waals surface area contributed by atoms with E-state index in [1.54, 1.807) is 0 Å². The number of aryl methyl sites for hydroxylation is 1. The van der Waals surface area contributed by atoms with Gasteiger partial charge in [0.2, 0.25) is 0 Å². The van der Waals surface area contributed by atoms with Gasteiger partial charge in [0.05, 0.1) is 11.0 Å². The van der Waals surface area contributed by atoms with Crippen LogP contribution >= 0.6 is 0 Å². The number of allylic oxidation sites excluding steroid dienone is 1. The molecule has 0 N–H and O–H groups in total. The zero-order chi connectivity index (χ0) is 39.2. The lowest BCUT2D eigenvalue weighted by molar-refractivity contribution is 0.595. The van der Waals surface area contributed by atoms with Gasteiger partial charge >= 0.3 is 0 Å². The first kappa shape index (κ1) is 33.7. The summed E-state index contributed by atoms with van der Waals surface area (Å²) in [4.78, 5) is 15.6. The Hall–Kier alpha value is -7.37. The molecular weight excluding hydrogens is 721 g/mol. The van der Waals surface area contributed by atoms with E-state index in [-0.39, 0.29) is 5.41 Å². The molecule has 0 unspecified atom stereocenters. The molecule has 5 heteroatoms. The van der Waals surface area contributed by atoms with Crippen molar-refractivity contribution in [1.82, 2.24) is 19.5 Å². The molecule has 59 heavy (non-hydrogen) atoms. The van der Waals surface area contributed by atoms with Gasteiger partial charge in [0.15, 0.2) is 17.5 Å². The number of fused-ring (bicyclic) bond motifs is 9. The number of rotatable bonds is 5. The number of hydrogen-bond donors (Lipinski definition) is 0. The Morgan fingerprint density at radius 3 is 2.00 bits per heavy atom. The van der Waals surface area contributed by atoms with Crippen LogP contribution in [0, 0.1) is 0 Å². The second kappa shape index (κ2) is 12.8. The van der Waals surface area contributed by atoms with Crippen LogP contribution in [-0.4, -0.2) is 19.5 Å². The van der Waals surface area contributed by atoms with Crippen molar-refractivity contribution in [3.05, 3.63) is 186 Å². The van der Waals surface area contributed by atoms with Crippen LogP contribution in [0.1, 0.15) is 42.7 Å². The minimum absolute atomic E-state index is 0.141. The van der Waals surface area contributed by atoms with Crippen LogP contribution in [0.25, 0.3) is 101 Å². The maximum atomic E-state index is 6.75. The summed E-state index contributed by atoms with van der Waals surface area (Å²) in [5.74, 6) is 2.82. The SMILES string of the molecule is CC1(C)c2ccccc2-c2ccc(-c3nc(-c4ccccc4)nc(-c4cccc5oc6c(c45)CCC(n4c5ccccc5c5cc(-c7ccccc7)ccc54)=C6)n3)cc21. The Labute approximate surface area is 342 Å². The zero-order valence-corrected chi connectivity index (χ0v) is 32.8. The normalized spacial score (nSPS) is 14.0. The number of hydrogen-bond acceptors (Lipinski definition) is 4. The van der Waals surface area contributed by atoms with Gasteiger partial charge in [-0.25, -0.2) is 15.0 Å². The van der Waals surface area contributed by atoms with Gasteiger partial charge < -0.3 is 8.98 Å². The van der Waals surface area contributed by atoms with Gasteiger partial charge in [-0.2, -0.15) is 0 Å². The lowest BCUT2D eigenvalue weighted by atomic mass is 9.82. The number of nitrogens with zero attached hydrogens (tertiary/aromatic N) is 4. The summed E-state index contributed by atoms with van der Waals surface area (Å²) in [6.45, 7) is 4.61. The maximum absolute atomic E-state index is 6.75. The third kappa shape index (κ3) is 5.21. The van der Waals surface area contributed by atoms with Crippen LogP contribution < -0.4 is 0 Å². The first-order valence-electron chi connectivity index (χ1n) is 20.4. The highest BCUT2D eigenvalue weighted by Crippen LogP contribution is 2.50. The molecule has 3 aromatic heterocycles. The van der Waals surface area contributed by atoms with Gasteiger partial charge in [-0.15, -0.1) is 0 Å². The van der Waals surface area contributed by atoms with Crippen molar-refractivity contribution in [3.63, 3.8) is 0 Å². The average molecular weight is 759 g/mol. The predicted molar refractivity (Wildman–Crippen MR) is 241 cm³/mol. The van der Waals surface area contributed by atoms with Crippen molar-refractivity contribution in [2.24, 2.45) is 0 Å². The fourth-order valence-corrected chi connectivity index (χ4v) is 9.71. The molecule has 280 valence electrons. The van der Waals surface area contributed by atoms with Crippen molar-refractivity contribution >= 4 is 44.5 Å². The smallest absolute Gasteiger partial charge is 0.164 e.